The van der Waals surface area contributed by atoms with Crippen LogP contribution in [-0.4, -0.2) is 92.0 Å². The zero-order chi connectivity index (χ0) is 25.6. The maximum Gasteiger partial charge on any atom is 0.255 e. The molecule has 1 aliphatic rings. The van der Waals surface area contributed by atoms with E-state index in [-0.39, 0.29) is 47.3 Å². The van der Waals surface area contributed by atoms with Crippen LogP contribution in [0.3, 0.4) is 0 Å². The summed E-state index contributed by atoms with van der Waals surface area (Å²) in [5.74, 6) is 0.159. The molecule has 1 fully saturated rings. The summed E-state index contributed by atoms with van der Waals surface area (Å²) >= 11 is 0. The van der Waals surface area contributed by atoms with Gasteiger partial charge in [0.1, 0.15) is 18.1 Å². The minimum Gasteiger partial charge on any atom is -0.496 e. The molecule has 0 spiro atoms. The van der Waals surface area contributed by atoms with Crippen molar-refractivity contribution in [3.05, 3.63) is 48.0 Å². The largest absolute Gasteiger partial charge is 0.496 e. The number of carbonyl (C=O) groups is 1. The number of nitrogens with zero attached hydrogens (tertiary/aromatic N) is 2. The van der Waals surface area contributed by atoms with Crippen molar-refractivity contribution in [2.75, 3.05) is 60.7 Å². The molecule has 1 aliphatic heterocycles. The molecule has 0 saturated carbocycles. The van der Waals surface area contributed by atoms with Crippen molar-refractivity contribution >= 4 is 26.0 Å². The van der Waals surface area contributed by atoms with Crippen molar-refractivity contribution in [3.63, 3.8) is 0 Å². The van der Waals surface area contributed by atoms with Crippen molar-refractivity contribution in [2.24, 2.45) is 0 Å². The van der Waals surface area contributed by atoms with E-state index < -0.39 is 26.0 Å². The Labute approximate surface area is 205 Å². The second kappa shape index (κ2) is 11.4. The first kappa shape index (κ1) is 26.9. The lowest BCUT2D eigenvalue weighted by molar-refractivity contribution is 0.0730. The number of hydrogen-bond donors (Lipinski definition) is 1. The Morgan fingerprint density at radius 2 is 1.66 bits per heavy atom. The van der Waals surface area contributed by atoms with Gasteiger partial charge in [-0.1, -0.05) is 0 Å². The molecule has 2 aromatic rings. The number of methoxy groups -OCH3 is 1. The van der Waals surface area contributed by atoms with Gasteiger partial charge in [0, 0.05) is 27.2 Å². The van der Waals surface area contributed by atoms with Crippen LogP contribution >= 0.6 is 0 Å². The first-order valence-corrected chi connectivity index (χ1v) is 13.6. The van der Waals surface area contributed by atoms with E-state index in [1.165, 1.54) is 68.0 Å². The van der Waals surface area contributed by atoms with Crippen LogP contribution in [0, 0.1) is 0 Å². The molecule has 1 amide bonds. The molecule has 13 heteroatoms. The lowest BCUT2D eigenvalue weighted by Crippen LogP contribution is -2.40. The second-order valence-corrected chi connectivity index (χ2v) is 11.8. The van der Waals surface area contributed by atoms with E-state index in [9.17, 15) is 21.6 Å². The number of nitrogens with one attached hydrogen (secondary N) is 1. The SMILES string of the molecule is COc1ccc(S(=O)(=O)N2CCOCC2)cc1C(=O)NCCOc1ccc(S(=O)(=O)N(C)C)cc1. The average Bonchev–Trinajstić information content (AvgIpc) is 2.86. The van der Waals surface area contributed by atoms with Gasteiger partial charge in [0.2, 0.25) is 20.0 Å². The maximum atomic E-state index is 12.9. The number of ether oxygens (including phenoxy) is 3. The molecular formula is C22H29N3O8S2. The Morgan fingerprint density at radius 3 is 2.26 bits per heavy atom. The Hall–Kier alpha value is -2.71. The molecule has 11 nitrogen and oxygen atoms in total. The Balaban J connectivity index is 1.62. The van der Waals surface area contributed by atoms with E-state index in [2.05, 4.69) is 5.32 Å². The molecule has 0 radical (unpaired) electrons. The minimum atomic E-state index is -3.78. The van der Waals surface area contributed by atoms with E-state index >= 15 is 0 Å². The standard InChI is InChI=1S/C22H29N3O8S2/c1-24(2)34(27,28)18-6-4-17(5-7-18)33-13-10-23-22(26)20-16-19(8-9-21(20)31-3)35(29,30)25-11-14-32-15-12-25/h4-9,16H,10-15H2,1-3H3,(H,23,26). The number of hydrogen-bond acceptors (Lipinski definition) is 8. The predicted octanol–water partition coefficient (Wildman–Crippen LogP) is 0.775. The topological polar surface area (TPSA) is 132 Å². The van der Waals surface area contributed by atoms with Crippen molar-refractivity contribution in [1.29, 1.82) is 0 Å². The molecule has 3 rings (SSSR count). The molecule has 1 N–H and O–H groups in total. The van der Waals surface area contributed by atoms with Gasteiger partial charge in [-0.2, -0.15) is 4.31 Å². The molecular weight excluding hydrogens is 498 g/mol. The van der Waals surface area contributed by atoms with Crippen LogP contribution < -0.4 is 14.8 Å². The summed E-state index contributed by atoms with van der Waals surface area (Å²) in [5, 5.41) is 2.68. The van der Waals surface area contributed by atoms with Crippen LogP contribution in [0.15, 0.2) is 52.3 Å². The van der Waals surface area contributed by atoms with E-state index in [0.717, 1.165) is 4.31 Å². The predicted molar refractivity (Wildman–Crippen MR) is 128 cm³/mol. The van der Waals surface area contributed by atoms with Gasteiger partial charge in [0.25, 0.3) is 5.91 Å². The third-order valence-corrected chi connectivity index (χ3v) is 9.01. The first-order valence-electron chi connectivity index (χ1n) is 10.8. The molecule has 2 aromatic carbocycles. The van der Waals surface area contributed by atoms with Crippen LogP contribution in [0.4, 0.5) is 0 Å². The molecule has 1 saturated heterocycles. The van der Waals surface area contributed by atoms with Gasteiger partial charge < -0.3 is 19.5 Å². The van der Waals surface area contributed by atoms with Gasteiger partial charge in [-0.05, 0) is 42.5 Å². The quantitative estimate of drug-likeness (QED) is 0.449. The number of morpholine rings is 1. The Morgan fingerprint density at radius 1 is 1.03 bits per heavy atom. The van der Waals surface area contributed by atoms with Crippen LogP contribution in [0.25, 0.3) is 0 Å². The highest BCUT2D eigenvalue weighted by Gasteiger charge is 2.28. The summed E-state index contributed by atoms with van der Waals surface area (Å²) in [6.45, 7) is 1.36. The molecule has 35 heavy (non-hydrogen) atoms. The highest BCUT2D eigenvalue weighted by atomic mass is 32.2. The van der Waals surface area contributed by atoms with Crippen LogP contribution in [0.1, 0.15) is 10.4 Å². The summed E-state index contributed by atoms with van der Waals surface area (Å²) in [6, 6.07) is 10.1. The minimum absolute atomic E-state index is 0.00522. The maximum absolute atomic E-state index is 12.9. The monoisotopic (exact) mass is 527 g/mol. The van der Waals surface area contributed by atoms with Gasteiger partial charge in [-0.25, -0.2) is 21.1 Å². The number of amides is 1. The number of sulfonamides is 2. The van der Waals surface area contributed by atoms with Gasteiger partial charge in [0.15, 0.2) is 0 Å². The zero-order valence-corrected chi connectivity index (χ0v) is 21.4. The summed E-state index contributed by atoms with van der Waals surface area (Å²) in [7, 11) is -3.01. The fourth-order valence-electron chi connectivity index (χ4n) is 3.31. The van der Waals surface area contributed by atoms with Crippen LogP contribution in [0.5, 0.6) is 11.5 Å². The van der Waals surface area contributed by atoms with Crippen molar-refractivity contribution in [3.8, 4) is 11.5 Å². The van der Waals surface area contributed by atoms with Crippen LogP contribution in [0.2, 0.25) is 0 Å². The molecule has 192 valence electrons. The van der Waals surface area contributed by atoms with Crippen molar-refractivity contribution in [1.82, 2.24) is 13.9 Å². The lowest BCUT2D eigenvalue weighted by atomic mass is 10.2. The molecule has 0 aliphatic carbocycles. The number of rotatable bonds is 10. The molecule has 0 unspecified atom stereocenters. The fourth-order valence-corrected chi connectivity index (χ4v) is 5.64. The van der Waals surface area contributed by atoms with Crippen molar-refractivity contribution in [2.45, 2.75) is 9.79 Å². The molecule has 1 heterocycles. The van der Waals surface area contributed by atoms with E-state index in [1.807, 2.05) is 0 Å². The van der Waals surface area contributed by atoms with E-state index in [4.69, 9.17) is 14.2 Å². The van der Waals surface area contributed by atoms with Gasteiger partial charge >= 0.3 is 0 Å². The third-order valence-electron chi connectivity index (χ3n) is 5.28. The number of carbonyl (C=O) groups excluding carboxylic acids is 1. The third kappa shape index (κ3) is 6.30. The van der Waals surface area contributed by atoms with Crippen LogP contribution in [-0.2, 0) is 24.8 Å². The summed E-state index contributed by atoms with van der Waals surface area (Å²) in [5.41, 5.74) is 0.0834. The summed E-state index contributed by atoms with van der Waals surface area (Å²) < 4.78 is 68.6. The highest BCUT2D eigenvalue weighted by molar-refractivity contribution is 7.89. The van der Waals surface area contributed by atoms with E-state index in [0.29, 0.717) is 19.0 Å². The lowest BCUT2D eigenvalue weighted by Gasteiger charge is -2.26. The molecule has 0 atom stereocenters. The second-order valence-electron chi connectivity index (χ2n) is 7.74. The Bertz CT molecular complexity index is 1240. The summed E-state index contributed by atoms with van der Waals surface area (Å²) in [4.78, 5) is 12.9. The smallest absolute Gasteiger partial charge is 0.255 e. The normalized spacial score (nSPS) is 15.1. The highest BCUT2D eigenvalue weighted by Crippen LogP contribution is 2.25. The Kier molecular flexibility index (Phi) is 8.72. The van der Waals surface area contributed by atoms with E-state index in [1.54, 1.807) is 0 Å². The average molecular weight is 528 g/mol. The zero-order valence-electron chi connectivity index (χ0n) is 19.8. The van der Waals surface area contributed by atoms with Crippen molar-refractivity contribution < 1.29 is 35.8 Å². The fraction of sp³-hybridized carbons (Fsp3) is 0.409. The molecule has 0 bridgehead atoms. The first-order chi connectivity index (χ1) is 16.6. The number of benzene rings is 2. The summed E-state index contributed by atoms with van der Waals surface area (Å²) in [6.07, 6.45) is 0. The van der Waals surface area contributed by atoms with Gasteiger partial charge in [0.05, 0.1) is 42.2 Å². The molecule has 0 aromatic heterocycles. The van der Waals surface area contributed by atoms with Gasteiger partial charge in [-0.15, -0.1) is 0 Å². The van der Waals surface area contributed by atoms with Gasteiger partial charge in [-0.3, -0.25) is 4.79 Å².